The van der Waals surface area contributed by atoms with Gasteiger partial charge in [0.2, 0.25) is 0 Å². The summed E-state index contributed by atoms with van der Waals surface area (Å²) in [4.78, 5) is 6.24. The molecule has 0 amide bonds. The highest BCUT2D eigenvalue weighted by atomic mass is 16.5. The first-order chi connectivity index (χ1) is 10.2. The number of fused-ring (bicyclic) bond motifs is 1. The lowest BCUT2D eigenvalue weighted by atomic mass is 10.1. The first-order valence-corrected chi connectivity index (χ1v) is 7.13. The third-order valence-corrected chi connectivity index (χ3v) is 4.21. The molecule has 3 rings (SSSR count). The van der Waals surface area contributed by atoms with Gasteiger partial charge < -0.3 is 9.84 Å². The van der Waals surface area contributed by atoms with E-state index in [1.54, 1.807) is 19.5 Å². The Balaban J connectivity index is 1.76. The summed E-state index contributed by atoms with van der Waals surface area (Å²) >= 11 is 0. The minimum atomic E-state index is -0.470. The summed E-state index contributed by atoms with van der Waals surface area (Å²) < 4.78 is 5.25. The zero-order chi connectivity index (χ0) is 14.8. The number of pyridine rings is 1. The second kappa shape index (κ2) is 5.84. The Labute approximate surface area is 125 Å². The first-order valence-electron chi connectivity index (χ1n) is 7.13. The average Bonchev–Trinajstić information content (AvgIpc) is 2.85. The Morgan fingerprint density at radius 1 is 1.29 bits per heavy atom. The van der Waals surface area contributed by atoms with Gasteiger partial charge in [-0.2, -0.15) is 0 Å². The zero-order valence-corrected chi connectivity index (χ0v) is 12.4. The Morgan fingerprint density at radius 3 is 2.76 bits per heavy atom. The molecule has 0 bridgehead atoms. The van der Waals surface area contributed by atoms with Gasteiger partial charge in [0, 0.05) is 25.0 Å². The lowest BCUT2D eigenvalue weighted by Gasteiger charge is -2.27. The van der Waals surface area contributed by atoms with Crippen LogP contribution in [-0.4, -0.2) is 35.2 Å². The van der Waals surface area contributed by atoms with Gasteiger partial charge in [-0.05, 0) is 54.4 Å². The molecule has 0 saturated carbocycles. The number of aliphatic hydroxyl groups excluding tert-OH is 1. The molecule has 0 saturated heterocycles. The van der Waals surface area contributed by atoms with E-state index in [-0.39, 0.29) is 6.04 Å². The fraction of sp³-hybridized carbons (Fsp3) is 0.353. The number of nitrogens with zero attached hydrogens (tertiary/aromatic N) is 2. The maximum absolute atomic E-state index is 10.6. The summed E-state index contributed by atoms with van der Waals surface area (Å²) in [5, 5.41) is 10.6. The molecule has 1 N–H and O–H groups in total. The molecule has 2 unspecified atom stereocenters. The zero-order valence-electron chi connectivity index (χ0n) is 12.4. The van der Waals surface area contributed by atoms with Gasteiger partial charge in [-0.15, -0.1) is 0 Å². The molecule has 4 nitrogen and oxygen atoms in total. The van der Waals surface area contributed by atoms with E-state index in [1.807, 2.05) is 24.3 Å². The monoisotopic (exact) mass is 284 g/mol. The van der Waals surface area contributed by atoms with Crippen LogP contribution in [0.2, 0.25) is 0 Å². The van der Waals surface area contributed by atoms with E-state index >= 15 is 0 Å². The van der Waals surface area contributed by atoms with E-state index in [4.69, 9.17) is 4.74 Å². The number of likely N-dealkylation sites (N-methyl/N-ethyl adjacent to an activating group) is 1. The van der Waals surface area contributed by atoms with Crippen molar-refractivity contribution in [2.45, 2.75) is 25.1 Å². The van der Waals surface area contributed by atoms with Crippen LogP contribution < -0.4 is 4.74 Å². The van der Waals surface area contributed by atoms with Crippen LogP contribution in [0.25, 0.3) is 0 Å². The summed E-state index contributed by atoms with van der Waals surface area (Å²) in [7, 11) is 3.70. The van der Waals surface area contributed by atoms with E-state index in [2.05, 4.69) is 23.0 Å². The maximum atomic E-state index is 10.6. The van der Waals surface area contributed by atoms with Crippen LogP contribution in [0.15, 0.2) is 42.7 Å². The molecule has 1 aliphatic rings. The van der Waals surface area contributed by atoms with Crippen molar-refractivity contribution < 1.29 is 9.84 Å². The molecule has 0 spiro atoms. The van der Waals surface area contributed by atoms with Crippen molar-refractivity contribution in [1.82, 2.24) is 9.88 Å². The van der Waals surface area contributed by atoms with Gasteiger partial charge in [-0.25, -0.2) is 0 Å². The lowest BCUT2D eigenvalue weighted by molar-refractivity contribution is 0.0720. The van der Waals surface area contributed by atoms with Gasteiger partial charge in [0.25, 0.3) is 0 Å². The summed E-state index contributed by atoms with van der Waals surface area (Å²) in [6, 6.07) is 10.1. The second-order valence-electron chi connectivity index (χ2n) is 5.55. The van der Waals surface area contributed by atoms with Crippen LogP contribution >= 0.6 is 0 Å². The topological polar surface area (TPSA) is 45.6 Å². The molecule has 2 aromatic rings. The van der Waals surface area contributed by atoms with Crippen LogP contribution in [0.1, 0.15) is 22.8 Å². The fourth-order valence-electron chi connectivity index (χ4n) is 3.00. The molecule has 1 aliphatic carbocycles. The molecular formula is C17H20N2O2. The fourth-order valence-corrected chi connectivity index (χ4v) is 3.00. The first kappa shape index (κ1) is 14.0. The molecule has 0 radical (unpaired) electrons. The van der Waals surface area contributed by atoms with Gasteiger partial charge in [0.15, 0.2) is 0 Å². The van der Waals surface area contributed by atoms with E-state index in [0.717, 1.165) is 24.3 Å². The normalized spacial score (nSPS) is 20.6. The summed E-state index contributed by atoms with van der Waals surface area (Å²) in [6.45, 7) is 0.801. The van der Waals surface area contributed by atoms with Gasteiger partial charge >= 0.3 is 0 Å². The van der Waals surface area contributed by atoms with Crippen LogP contribution in [0, 0.1) is 0 Å². The lowest BCUT2D eigenvalue weighted by Crippen LogP contribution is -2.34. The van der Waals surface area contributed by atoms with Crippen LogP contribution in [0.3, 0.4) is 0 Å². The van der Waals surface area contributed by atoms with Crippen molar-refractivity contribution in [3.63, 3.8) is 0 Å². The highest BCUT2D eigenvalue weighted by Crippen LogP contribution is 2.36. The largest absolute Gasteiger partial charge is 0.497 e. The Kier molecular flexibility index (Phi) is 3.90. The number of ether oxygens (including phenoxy) is 1. The molecule has 21 heavy (non-hydrogen) atoms. The second-order valence-corrected chi connectivity index (χ2v) is 5.55. The van der Waals surface area contributed by atoms with Gasteiger partial charge in [-0.3, -0.25) is 9.88 Å². The third kappa shape index (κ3) is 2.77. The molecule has 2 atom stereocenters. The van der Waals surface area contributed by atoms with Crippen LogP contribution in [0.5, 0.6) is 5.75 Å². The van der Waals surface area contributed by atoms with Crippen molar-refractivity contribution >= 4 is 0 Å². The summed E-state index contributed by atoms with van der Waals surface area (Å²) in [6.07, 6.45) is 3.99. The smallest absolute Gasteiger partial charge is 0.119 e. The van der Waals surface area contributed by atoms with Gasteiger partial charge in [-0.1, -0.05) is 6.07 Å². The molecule has 110 valence electrons. The van der Waals surface area contributed by atoms with Crippen molar-refractivity contribution in [3.8, 4) is 5.75 Å². The standard InChI is InChI=1S/C17H20N2O2/c1-19(11-12-5-7-18-8-6-12)16-9-13-3-4-14(21-2)10-15(13)17(16)20/h3-8,10,16-17,20H,9,11H2,1-2H3. The van der Waals surface area contributed by atoms with Crippen LogP contribution in [0.4, 0.5) is 0 Å². The van der Waals surface area contributed by atoms with E-state index in [9.17, 15) is 5.11 Å². The molecule has 1 aromatic carbocycles. The number of aliphatic hydroxyl groups is 1. The highest BCUT2D eigenvalue weighted by molar-refractivity contribution is 5.41. The minimum Gasteiger partial charge on any atom is -0.497 e. The number of aromatic nitrogens is 1. The maximum Gasteiger partial charge on any atom is 0.119 e. The molecule has 0 aliphatic heterocycles. The van der Waals surface area contributed by atoms with Crippen LogP contribution in [-0.2, 0) is 13.0 Å². The average molecular weight is 284 g/mol. The molecule has 4 heteroatoms. The highest BCUT2D eigenvalue weighted by Gasteiger charge is 2.33. The van der Waals surface area contributed by atoms with E-state index in [0.29, 0.717) is 0 Å². The summed E-state index contributed by atoms with van der Waals surface area (Å²) in [5.41, 5.74) is 3.39. The van der Waals surface area contributed by atoms with E-state index < -0.39 is 6.10 Å². The third-order valence-electron chi connectivity index (χ3n) is 4.21. The predicted octanol–water partition coefficient (Wildman–Crippen LogP) is 2.18. The van der Waals surface area contributed by atoms with Crippen molar-refractivity contribution in [1.29, 1.82) is 0 Å². The Bertz CT molecular complexity index is 615. The number of methoxy groups -OCH3 is 1. The molecular weight excluding hydrogens is 264 g/mol. The number of rotatable bonds is 4. The van der Waals surface area contributed by atoms with Crippen molar-refractivity contribution in [2.24, 2.45) is 0 Å². The van der Waals surface area contributed by atoms with Gasteiger partial charge in [0.05, 0.1) is 13.2 Å². The minimum absolute atomic E-state index is 0.0975. The van der Waals surface area contributed by atoms with Crippen molar-refractivity contribution in [3.05, 3.63) is 59.4 Å². The molecule has 1 heterocycles. The Hall–Kier alpha value is -1.91. The molecule has 0 fully saturated rings. The predicted molar refractivity (Wildman–Crippen MR) is 81.1 cm³/mol. The quantitative estimate of drug-likeness (QED) is 0.934. The number of benzene rings is 1. The number of hydrogen-bond donors (Lipinski definition) is 1. The Morgan fingerprint density at radius 2 is 2.05 bits per heavy atom. The molecule has 1 aromatic heterocycles. The van der Waals surface area contributed by atoms with Crippen molar-refractivity contribution in [2.75, 3.05) is 14.2 Å². The SMILES string of the molecule is COc1ccc2c(c1)C(O)C(N(C)Cc1ccncc1)C2. The summed E-state index contributed by atoms with van der Waals surface area (Å²) in [5.74, 6) is 0.797. The van der Waals surface area contributed by atoms with Gasteiger partial charge in [0.1, 0.15) is 5.75 Å². The number of hydrogen-bond acceptors (Lipinski definition) is 4. The van der Waals surface area contributed by atoms with E-state index in [1.165, 1.54) is 11.1 Å².